The lowest BCUT2D eigenvalue weighted by atomic mass is 10.0. The predicted molar refractivity (Wildman–Crippen MR) is 109 cm³/mol. The number of fused-ring (bicyclic) bond motifs is 1. The van der Waals surface area contributed by atoms with E-state index in [1.54, 1.807) is 4.52 Å². The van der Waals surface area contributed by atoms with E-state index < -0.39 is 0 Å². The topological polar surface area (TPSA) is 97.3 Å². The Bertz CT molecular complexity index is 1060. The fourth-order valence-electron chi connectivity index (χ4n) is 3.46. The Morgan fingerprint density at radius 3 is 2.79 bits per heavy atom. The maximum Gasteiger partial charge on any atom is 0.251 e. The Kier molecular flexibility index (Phi) is 3.96. The Balaban J connectivity index is 1.48. The van der Waals surface area contributed by atoms with Gasteiger partial charge in [-0.15, -0.1) is 0 Å². The number of hydrogen-bond donors (Lipinski definition) is 3. The molecule has 0 unspecified atom stereocenters. The molecule has 28 heavy (non-hydrogen) atoms. The summed E-state index contributed by atoms with van der Waals surface area (Å²) in [5.74, 6) is 2.07. The lowest BCUT2D eigenvalue weighted by Crippen LogP contribution is -2.26. The Labute approximate surface area is 163 Å². The van der Waals surface area contributed by atoms with Crippen LogP contribution < -0.4 is 16.4 Å². The standard InChI is InChI=1S/C21H24N6O/c1-12-8-14(4-7-16(12)21(28)25-15-5-6-15)17-11-24-27-19(23-10-13-2-3-13)9-18(22)26-20(17)27/h4,7-9,11,13,15,23H,2-3,5-6,10H2,1H3,(H2,22,26)(H,25,28). The van der Waals surface area contributed by atoms with Crippen LogP contribution in [-0.2, 0) is 0 Å². The zero-order chi connectivity index (χ0) is 19.3. The van der Waals surface area contributed by atoms with Crippen LogP contribution in [0.25, 0.3) is 16.8 Å². The first-order valence-corrected chi connectivity index (χ1v) is 9.88. The lowest BCUT2D eigenvalue weighted by molar-refractivity contribution is 0.0950. The molecule has 2 aliphatic rings. The van der Waals surface area contributed by atoms with Crippen molar-refractivity contribution < 1.29 is 4.79 Å². The SMILES string of the molecule is Cc1cc(-c2cnn3c(NCC4CC4)cc(N)nc23)ccc1C(=O)NC1CC1. The average molecular weight is 376 g/mol. The number of carbonyl (C=O) groups is 1. The number of rotatable bonds is 6. The summed E-state index contributed by atoms with van der Waals surface area (Å²) in [5.41, 5.74) is 10.3. The molecule has 0 atom stereocenters. The second-order valence-corrected chi connectivity index (χ2v) is 7.96. The fourth-order valence-corrected chi connectivity index (χ4v) is 3.46. The van der Waals surface area contributed by atoms with Gasteiger partial charge in [-0.05, 0) is 55.7 Å². The summed E-state index contributed by atoms with van der Waals surface area (Å²) in [6.45, 7) is 2.89. The van der Waals surface area contributed by atoms with Gasteiger partial charge in [0.25, 0.3) is 5.91 Å². The molecule has 0 radical (unpaired) electrons. The van der Waals surface area contributed by atoms with Crippen molar-refractivity contribution in [2.24, 2.45) is 5.92 Å². The van der Waals surface area contributed by atoms with Gasteiger partial charge >= 0.3 is 0 Å². The second kappa shape index (κ2) is 6.51. The molecule has 1 aromatic carbocycles. The van der Waals surface area contributed by atoms with E-state index in [-0.39, 0.29) is 5.91 Å². The molecule has 1 amide bonds. The van der Waals surface area contributed by atoms with E-state index in [1.165, 1.54) is 12.8 Å². The molecule has 144 valence electrons. The minimum Gasteiger partial charge on any atom is -0.384 e. The molecule has 5 rings (SSSR count). The molecule has 2 fully saturated rings. The zero-order valence-electron chi connectivity index (χ0n) is 15.9. The number of amides is 1. The van der Waals surface area contributed by atoms with Gasteiger partial charge < -0.3 is 16.4 Å². The summed E-state index contributed by atoms with van der Waals surface area (Å²) in [7, 11) is 0. The molecule has 4 N–H and O–H groups in total. The van der Waals surface area contributed by atoms with Gasteiger partial charge in [-0.2, -0.15) is 9.61 Å². The van der Waals surface area contributed by atoms with Crippen molar-refractivity contribution in [1.29, 1.82) is 0 Å². The third-order valence-corrected chi connectivity index (χ3v) is 5.46. The molecule has 3 aromatic rings. The molecule has 7 heteroatoms. The van der Waals surface area contributed by atoms with E-state index >= 15 is 0 Å². The number of carbonyl (C=O) groups excluding carboxylic acids is 1. The number of benzene rings is 1. The number of anilines is 2. The highest BCUT2D eigenvalue weighted by Crippen LogP contribution is 2.31. The minimum atomic E-state index is 0.000320. The van der Waals surface area contributed by atoms with Gasteiger partial charge in [0.1, 0.15) is 11.6 Å². The van der Waals surface area contributed by atoms with Crippen LogP contribution in [0.3, 0.4) is 0 Å². The number of nitrogens with one attached hydrogen (secondary N) is 2. The summed E-state index contributed by atoms with van der Waals surface area (Å²) in [6.07, 6.45) is 6.52. The minimum absolute atomic E-state index is 0.000320. The molecule has 0 aliphatic heterocycles. The molecule has 0 bridgehead atoms. The van der Waals surface area contributed by atoms with Crippen molar-refractivity contribution in [2.75, 3.05) is 17.6 Å². The van der Waals surface area contributed by atoms with E-state index in [0.29, 0.717) is 23.1 Å². The van der Waals surface area contributed by atoms with Gasteiger partial charge in [-0.25, -0.2) is 4.98 Å². The highest BCUT2D eigenvalue weighted by molar-refractivity contribution is 5.97. The van der Waals surface area contributed by atoms with Crippen molar-refractivity contribution >= 4 is 23.2 Å². The van der Waals surface area contributed by atoms with Gasteiger partial charge in [0.15, 0.2) is 5.65 Å². The van der Waals surface area contributed by atoms with Crippen LogP contribution in [0.5, 0.6) is 0 Å². The van der Waals surface area contributed by atoms with Crippen molar-refractivity contribution in [2.45, 2.75) is 38.6 Å². The molecule has 2 heterocycles. The van der Waals surface area contributed by atoms with Gasteiger partial charge in [0, 0.05) is 29.8 Å². The number of aromatic nitrogens is 3. The third-order valence-electron chi connectivity index (χ3n) is 5.46. The van der Waals surface area contributed by atoms with Gasteiger partial charge in [0.2, 0.25) is 0 Å². The van der Waals surface area contributed by atoms with Crippen LogP contribution >= 0.6 is 0 Å². The largest absolute Gasteiger partial charge is 0.384 e. The zero-order valence-corrected chi connectivity index (χ0v) is 15.9. The smallest absolute Gasteiger partial charge is 0.251 e. The molecule has 0 spiro atoms. The molecule has 0 saturated heterocycles. The average Bonchev–Trinajstić information content (AvgIpc) is 3.59. The monoisotopic (exact) mass is 376 g/mol. The maximum absolute atomic E-state index is 12.4. The van der Waals surface area contributed by atoms with Crippen molar-refractivity contribution in [3.63, 3.8) is 0 Å². The van der Waals surface area contributed by atoms with E-state index in [1.807, 2.05) is 37.4 Å². The van der Waals surface area contributed by atoms with Crippen LogP contribution in [0.15, 0.2) is 30.5 Å². The molecule has 2 saturated carbocycles. The Morgan fingerprint density at radius 1 is 1.25 bits per heavy atom. The summed E-state index contributed by atoms with van der Waals surface area (Å²) in [6, 6.07) is 8.02. The van der Waals surface area contributed by atoms with Crippen molar-refractivity contribution in [3.05, 3.63) is 41.6 Å². The maximum atomic E-state index is 12.4. The van der Waals surface area contributed by atoms with E-state index in [4.69, 9.17) is 5.73 Å². The first kappa shape index (κ1) is 17.0. The summed E-state index contributed by atoms with van der Waals surface area (Å²) in [5, 5.41) is 11.0. The van der Waals surface area contributed by atoms with E-state index in [9.17, 15) is 4.79 Å². The first-order chi connectivity index (χ1) is 13.6. The molecule has 7 nitrogen and oxygen atoms in total. The van der Waals surface area contributed by atoms with Gasteiger partial charge in [-0.3, -0.25) is 4.79 Å². The number of aryl methyl sites for hydroxylation is 1. The molecule has 2 aromatic heterocycles. The third kappa shape index (κ3) is 3.28. The summed E-state index contributed by atoms with van der Waals surface area (Å²) >= 11 is 0. The first-order valence-electron chi connectivity index (χ1n) is 9.88. The highest BCUT2D eigenvalue weighted by Gasteiger charge is 2.25. The molecular formula is C21H24N6O. The second-order valence-electron chi connectivity index (χ2n) is 7.96. The predicted octanol–water partition coefficient (Wildman–Crippen LogP) is 3.00. The van der Waals surface area contributed by atoms with Crippen molar-refractivity contribution in [1.82, 2.24) is 19.9 Å². The van der Waals surface area contributed by atoms with Crippen molar-refractivity contribution in [3.8, 4) is 11.1 Å². The van der Waals surface area contributed by atoms with Gasteiger partial charge in [-0.1, -0.05) is 12.1 Å². The van der Waals surface area contributed by atoms with Crippen LogP contribution in [0.1, 0.15) is 41.6 Å². The van der Waals surface area contributed by atoms with Crippen LogP contribution in [0.2, 0.25) is 0 Å². The van der Waals surface area contributed by atoms with E-state index in [2.05, 4.69) is 20.7 Å². The van der Waals surface area contributed by atoms with Crippen LogP contribution in [0.4, 0.5) is 11.6 Å². The number of nitrogens with two attached hydrogens (primary N) is 1. The fraction of sp³-hybridized carbons (Fsp3) is 0.381. The molecule has 2 aliphatic carbocycles. The number of nitrogens with zero attached hydrogens (tertiary/aromatic N) is 3. The highest BCUT2D eigenvalue weighted by atomic mass is 16.1. The number of nitrogen functional groups attached to an aromatic ring is 1. The van der Waals surface area contributed by atoms with E-state index in [0.717, 1.165) is 47.8 Å². The number of hydrogen-bond acceptors (Lipinski definition) is 5. The molecular weight excluding hydrogens is 352 g/mol. The lowest BCUT2D eigenvalue weighted by Gasteiger charge is -2.10. The van der Waals surface area contributed by atoms with Crippen LogP contribution in [0, 0.1) is 12.8 Å². The Morgan fingerprint density at radius 2 is 2.07 bits per heavy atom. The van der Waals surface area contributed by atoms with Gasteiger partial charge in [0.05, 0.1) is 6.20 Å². The summed E-state index contributed by atoms with van der Waals surface area (Å²) in [4.78, 5) is 16.9. The quantitative estimate of drug-likeness (QED) is 0.614. The Hall–Kier alpha value is -3.09. The van der Waals surface area contributed by atoms with Crippen LogP contribution in [-0.4, -0.2) is 33.1 Å². The summed E-state index contributed by atoms with van der Waals surface area (Å²) < 4.78 is 1.80. The normalized spacial score (nSPS) is 16.3.